The van der Waals surface area contributed by atoms with Crippen molar-refractivity contribution in [3.63, 3.8) is 0 Å². The standard InChI is InChI=1S/2C7H9NS.C6H7NOS.C6H9NS.CH2O.CH4.2ClH.H2O/c1-3-8-5-6-2-4-9-7(1)6;1-8-5-4-7-3-2-6-9-7;7-6(8)4-5-2-1-3-9-5;7-4-3-6-2-1-5-8-6;1-2;;;;/h2,4,8H,1,3,5H2;2-3,6H,1,4-5H2;1-3H,4H2,(H2,7,8);1-2,5H,3-4,7H2;1H2;1H4;2*1H;1H2. The van der Waals surface area contributed by atoms with Crippen molar-refractivity contribution in [3.8, 4) is 0 Å². The van der Waals surface area contributed by atoms with Crippen molar-refractivity contribution in [1.29, 1.82) is 0 Å². The Labute approximate surface area is 273 Å². The molecule has 7 nitrogen and oxygen atoms in total. The number of hydrogen-bond donors (Lipinski definition) is 3. The molecule has 0 aromatic carbocycles. The summed E-state index contributed by atoms with van der Waals surface area (Å²) in [6.07, 6.45) is 3.67. The monoisotopic (exact) mass is 682 g/mol. The number of amides is 1. The minimum Gasteiger partial charge on any atom is -0.412 e. The number of primary amides is 1. The summed E-state index contributed by atoms with van der Waals surface area (Å²) in [4.78, 5) is 27.4. The SMILES string of the molecule is C.C=NCCc1cccs1.C=O.Cl.Cl.NC(=O)Cc1cccs1.NCCc1cccs1.O.c1cc2c(s1)CCNC2. The third kappa shape index (κ3) is 22.4. The predicted octanol–water partition coefficient (Wildman–Crippen LogP) is 5.88. The second-order valence-electron chi connectivity index (χ2n) is 7.41. The maximum absolute atomic E-state index is 10.3. The average Bonchev–Trinajstić information content (AvgIpc) is 3.73. The van der Waals surface area contributed by atoms with E-state index in [1.165, 1.54) is 21.7 Å². The van der Waals surface area contributed by atoms with Crippen LogP contribution in [0.3, 0.4) is 0 Å². The molecule has 0 unspecified atom stereocenters. The van der Waals surface area contributed by atoms with Crippen molar-refractivity contribution >= 4 is 89.6 Å². The lowest BCUT2D eigenvalue weighted by Gasteiger charge is -2.10. The van der Waals surface area contributed by atoms with Gasteiger partial charge >= 0.3 is 0 Å². The number of nitrogens with zero attached hydrogens (tertiary/aromatic N) is 1. The van der Waals surface area contributed by atoms with E-state index in [0.717, 1.165) is 43.9 Å². The third-order valence-corrected chi connectivity index (χ3v) is 8.45. The Morgan fingerprint density at radius 3 is 1.85 bits per heavy atom. The van der Waals surface area contributed by atoms with Gasteiger partial charge in [-0.1, -0.05) is 25.6 Å². The van der Waals surface area contributed by atoms with Gasteiger partial charge in [-0.2, -0.15) is 0 Å². The molecule has 41 heavy (non-hydrogen) atoms. The normalized spacial score (nSPS) is 9.88. The molecule has 232 valence electrons. The first-order valence-corrected chi connectivity index (χ1v) is 15.2. The number of nitrogens with two attached hydrogens (primary N) is 2. The number of thiophene rings is 4. The number of rotatable bonds is 7. The Bertz CT molecular complexity index is 1060. The molecular weight excluding hydrogens is 640 g/mol. The summed E-state index contributed by atoms with van der Waals surface area (Å²) in [6, 6.07) is 14.4. The first-order chi connectivity index (χ1) is 18.1. The minimum atomic E-state index is -0.266. The van der Waals surface area contributed by atoms with Gasteiger partial charge in [-0.3, -0.25) is 4.79 Å². The molecule has 0 aliphatic carbocycles. The van der Waals surface area contributed by atoms with Crippen LogP contribution >= 0.6 is 70.2 Å². The fraction of sp³-hybridized carbons (Fsp3) is 0.321. The van der Waals surface area contributed by atoms with Crippen LogP contribution in [0.5, 0.6) is 0 Å². The molecule has 0 saturated heterocycles. The zero-order valence-electron chi connectivity index (χ0n) is 22.3. The Morgan fingerprint density at radius 1 is 0.878 bits per heavy atom. The van der Waals surface area contributed by atoms with Gasteiger partial charge in [0.1, 0.15) is 6.79 Å². The molecule has 5 heterocycles. The molecule has 4 aromatic heterocycles. The van der Waals surface area contributed by atoms with Crippen molar-refractivity contribution in [1.82, 2.24) is 5.32 Å². The van der Waals surface area contributed by atoms with E-state index < -0.39 is 0 Å². The van der Waals surface area contributed by atoms with Gasteiger partial charge in [-0.15, -0.1) is 70.2 Å². The van der Waals surface area contributed by atoms with E-state index in [1.54, 1.807) is 38.9 Å². The highest BCUT2D eigenvalue weighted by molar-refractivity contribution is 7.10. The van der Waals surface area contributed by atoms with Crippen LogP contribution in [0.15, 0.2) is 69.0 Å². The fourth-order valence-corrected chi connectivity index (χ4v) is 6.04. The van der Waals surface area contributed by atoms with E-state index in [2.05, 4.69) is 63.5 Å². The lowest BCUT2D eigenvalue weighted by Crippen LogP contribution is -2.21. The molecular formula is C28H44Cl2N4O3S4. The molecule has 1 amide bonds. The summed E-state index contributed by atoms with van der Waals surface area (Å²) in [5.41, 5.74) is 11.8. The van der Waals surface area contributed by atoms with E-state index in [4.69, 9.17) is 16.3 Å². The van der Waals surface area contributed by atoms with E-state index in [0.29, 0.717) is 6.42 Å². The lowest BCUT2D eigenvalue weighted by molar-refractivity contribution is -0.117. The van der Waals surface area contributed by atoms with Crippen LogP contribution < -0.4 is 16.8 Å². The highest BCUT2D eigenvalue weighted by atomic mass is 35.5. The number of halogens is 2. The van der Waals surface area contributed by atoms with Crippen LogP contribution in [0.2, 0.25) is 0 Å². The van der Waals surface area contributed by atoms with E-state index >= 15 is 0 Å². The Hall–Kier alpha value is -1.93. The van der Waals surface area contributed by atoms with Crippen LogP contribution in [0.25, 0.3) is 0 Å². The quantitative estimate of drug-likeness (QED) is 0.209. The molecule has 0 bridgehead atoms. The average molecular weight is 684 g/mol. The summed E-state index contributed by atoms with van der Waals surface area (Å²) in [7, 11) is 0. The highest BCUT2D eigenvalue weighted by Crippen LogP contribution is 2.19. The van der Waals surface area contributed by atoms with Crippen molar-refractivity contribution in [3.05, 3.63) is 89.1 Å². The van der Waals surface area contributed by atoms with Crippen LogP contribution in [0, 0.1) is 0 Å². The molecule has 4 aromatic rings. The molecule has 0 fully saturated rings. The fourth-order valence-electron chi connectivity index (χ4n) is 2.99. The van der Waals surface area contributed by atoms with Gasteiger partial charge in [0.15, 0.2) is 0 Å². The van der Waals surface area contributed by atoms with Gasteiger partial charge in [-0.05, 0) is 77.5 Å². The second-order valence-corrected chi connectivity index (χ2v) is 11.5. The summed E-state index contributed by atoms with van der Waals surface area (Å²) < 4.78 is 0. The molecule has 5 rings (SSSR count). The van der Waals surface area contributed by atoms with Gasteiger partial charge in [0, 0.05) is 45.6 Å². The van der Waals surface area contributed by atoms with Gasteiger partial charge < -0.3 is 32.0 Å². The smallest absolute Gasteiger partial charge is 0.222 e. The number of hydrogen-bond acceptors (Lipinski definition) is 9. The zero-order chi connectivity index (χ0) is 27.1. The lowest BCUT2D eigenvalue weighted by atomic mass is 10.1. The Kier molecular flexibility index (Phi) is 34.8. The number of fused-ring (bicyclic) bond motifs is 1. The van der Waals surface area contributed by atoms with Gasteiger partial charge in [-0.25, -0.2) is 0 Å². The summed E-state index contributed by atoms with van der Waals surface area (Å²) in [5.74, 6) is -0.266. The molecule has 0 radical (unpaired) electrons. The largest absolute Gasteiger partial charge is 0.412 e. The molecule has 0 saturated carbocycles. The number of carbonyl (C=O) groups excluding carboxylic acids is 2. The summed E-state index contributed by atoms with van der Waals surface area (Å²) in [6.45, 7) is 9.27. The first-order valence-electron chi connectivity index (χ1n) is 11.6. The predicted molar refractivity (Wildman–Crippen MR) is 188 cm³/mol. The topological polar surface area (TPSA) is 142 Å². The zero-order valence-corrected chi connectivity index (χ0v) is 27.2. The molecule has 0 atom stereocenters. The maximum atomic E-state index is 10.3. The van der Waals surface area contributed by atoms with E-state index in [1.807, 2.05) is 35.6 Å². The van der Waals surface area contributed by atoms with E-state index in [-0.39, 0.29) is 43.6 Å². The van der Waals surface area contributed by atoms with Crippen LogP contribution in [0.1, 0.15) is 32.5 Å². The Balaban J connectivity index is -0.000000211. The number of nitrogens with one attached hydrogen (secondary N) is 1. The summed E-state index contributed by atoms with van der Waals surface area (Å²) >= 11 is 6.98. The summed E-state index contributed by atoms with van der Waals surface area (Å²) in [5, 5.41) is 11.6. The minimum absolute atomic E-state index is 0. The molecule has 7 N–H and O–H groups in total. The van der Waals surface area contributed by atoms with Crippen molar-refractivity contribution in [2.24, 2.45) is 16.5 Å². The first kappa shape index (κ1) is 46.0. The highest BCUT2D eigenvalue weighted by Gasteiger charge is 2.07. The van der Waals surface area contributed by atoms with Crippen LogP contribution in [-0.4, -0.2) is 44.5 Å². The second kappa shape index (κ2) is 31.0. The van der Waals surface area contributed by atoms with Crippen molar-refractivity contribution in [2.75, 3.05) is 19.6 Å². The van der Waals surface area contributed by atoms with Crippen LogP contribution in [0.4, 0.5) is 0 Å². The van der Waals surface area contributed by atoms with Gasteiger partial charge in [0.2, 0.25) is 5.91 Å². The molecule has 0 spiro atoms. The van der Waals surface area contributed by atoms with E-state index in [9.17, 15) is 4.79 Å². The number of carbonyl (C=O) groups is 2. The van der Waals surface area contributed by atoms with Gasteiger partial charge in [0.25, 0.3) is 0 Å². The third-order valence-electron chi connectivity index (χ3n) is 4.68. The molecule has 1 aliphatic heterocycles. The molecule has 13 heteroatoms. The Morgan fingerprint density at radius 2 is 1.41 bits per heavy atom. The maximum Gasteiger partial charge on any atom is 0.222 e. The molecule has 1 aliphatic rings. The number of aliphatic imine (C=N–C) groups is 1. The van der Waals surface area contributed by atoms with Gasteiger partial charge in [0.05, 0.1) is 6.42 Å². The van der Waals surface area contributed by atoms with Crippen LogP contribution in [-0.2, 0) is 41.8 Å². The van der Waals surface area contributed by atoms with Crippen molar-refractivity contribution < 1.29 is 15.1 Å². The van der Waals surface area contributed by atoms with Crippen molar-refractivity contribution in [2.45, 2.75) is 39.7 Å².